The molecular formula is C11H18N4O5. The second-order valence-corrected chi connectivity index (χ2v) is 4.85. The van der Waals surface area contributed by atoms with Crippen LogP contribution in [0.25, 0.3) is 0 Å². The van der Waals surface area contributed by atoms with Gasteiger partial charge in [0.1, 0.15) is 0 Å². The summed E-state index contributed by atoms with van der Waals surface area (Å²) in [5.74, 6) is -1.30. The van der Waals surface area contributed by atoms with Crippen LogP contribution in [-0.4, -0.2) is 82.9 Å². The van der Waals surface area contributed by atoms with Crippen LogP contribution < -0.4 is 10.6 Å². The average Bonchev–Trinajstić information content (AvgIpc) is 2.79. The number of carboxylic acid groups (broad SMARTS) is 1. The minimum atomic E-state index is -1.47. The number of urea groups is 2. The van der Waals surface area contributed by atoms with Gasteiger partial charge in [-0.15, -0.1) is 0 Å². The maximum absolute atomic E-state index is 11.9. The summed E-state index contributed by atoms with van der Waals surface area (Å²) in [5, 5.41) is 22.9. The molecule has 2 heterocycles. The Morgan fingerprint density at radius 1 is 1.45 bits per heavy atom. The number of nitrogens with zero attached hydrogens (tertiary/aromatic N) is 2. The number of nitrogens with one attached hydrogen (secondary N) is 2. The summed E-state index contributed by atoms with van der Waals surface area (Å²) in [5.41, 5.74) is 0. The van der Waals surface area contributed by atoms with Gasteiger partial charge in [0.2, 0.25) is 0 Å². The lowest BCUT2D eigenvalue weighted by Gasteiger charge is -2.36. The van der Waals surface area contributed by atoms with Crippen molar-refractivity contribution < 1.29 is 24.6 Å². The number of carboxylic acids is 1. The van der Waals surface area contributed by atoms with Crippen molar-refractivity contribution in [1.82, 2.24) is 20.4 Å². The van der Waals surface area contributed by atoms with Crippen LogP contribution in [0.1, 0.15) is 6.42 Å². The number of amides is 4. The monoisotopic (exact) mass is 286 g/mol. The molecule has 0 spiro atoms. The molecule has 0 radical (unpaired) electrons. The van der Waals surface area contributed by atoms with Gasteiger partial charge in [-0.25, -0.2) is 14.4 Å². The zero-order chi connectivity index (χ0) is 14.7. The average molecular weight is 286 g/mol. The number of carbonyl (C=O) groups excluding carboxylic acids is 2. The number of carbonyl (C=O) groups is 3. The largest absolute Gasteiger partial charge is 0.479 e. The van der Waals surface area contributed by atoms with Gasteiger partial charge in [0.25, 0.3) is 0 Å². The molecule has 2 unspecified atom stereocenters. The first-order valence-electron chi connectivity index (χ1n) is 6.47. The van der Waals surface area contributed by atoms with Crippen LogP contribution in [0.5, 0.6) is 0 Å². The van der Waals surface area contributed by atoms with Crippen LogP contribution in [0.3, 0.4) is 0 Å². The molecule has 0 aromatic rings. The zero-order valence-corrected chi connectivity index (χ0v) is 10.9. The molecule has 2 rings (SSSR count). The normalized spacial score (nSPS) is 23.1. The highest BCUT2D eigenvalue weighted by Gasteiger charge is 2.36. The fourth-order valence-corrected chi connectivity index (χ4v) is 2.34. The smallest absolute Gasteiger partial charge is 0.332 e. The fourth-order valence-electron chi connectivity index (χ4n) is 2.34. The number of piperazine rings is 1. The van der Waals surface area contributed by atoms with E-state index in [1.54, 1.807) is 9.80 Å². The van der Waals surface area contributed by atoms with Gasteiger partial charge in [0.15, 0.2) is 6.10 Å². The minimum absolute atomic E-state index is 0.00777. The first-order chi connectivity index (χ1) is 9.49. The van der Waals surface area contributed by atoms with E-state index in [2.05, 4.69) is 10.6 Å². The Morgan fingerprint density at radius 2 is 2.20 bits per heavy atom. The van der Waals surface area contributed by atoms with Crippen molar-refractivity contribution >= 4 is 18.0 Å². The first-order valence-corrected chi connectivity index (χ1v) is 6.47. The maximum Gasteiger partial charge on any atom is 0.332 e. The van der Waals surface area contributed by atoms with E-state index >= 15 is 0 Å². The molecule has 9 heteroatoms. The molecule has 4 N–H and O–H groups in total. The fraction of sp³-hybridized carbons (Fsp3) is 0.727. The Hall–Kier alpha value is -2.03. The van der Waals surface area contributed by atoms with Crippen LogP contribution >= 0.6 is 0 Å². The van der Waals surface area contributed by atoms with Gasteiger partial charge in [-0.05, 0) is 0 Å². The highest BCUT2D eigenvalue weighted by molar-refractivity contribution is 5.79. The molecule has 20 heavy (non-hydrogen) atoms. The van der Waals surface area contributed by atoms with Gasteiger partial charge in [0, 0.05) is 39.1 Å². The van der Waals surface area contributed by atoms with Gasteiger partial charge in [-0.1, -0.05) is 0 Å². The van der Waals surface area contributed by atoms with Crippen LogP contribution in [0, 0.1) is 0 Å². The summed E-state index contributed by atoms with van der Waals surface area (Å²) < 4.78 is 0. The molecule has 0 saturated carbocycles. The van der Waals surface area contributed by atoms with Crippen LogP contribution in [-0.2, 0) is 4.79 Å². The maximum atomic E-state index is 11.9. The predicted octanol–water partition coefficient (Wildman–Crippen LogP) is -1.76. The van der Waals surface area contributed by atoms with Crippen molar-refractivity contribution in [2.75, 3.05) is 32.7 Å². The lowest BCUT2D eigenvalue weighted by molar-refractivity contribution is -0.146. The minimum Gasteiger partial charge on any atom is -0.479 e. The third-order valence-corrected chi connectivity index (χ3v) is 3.50. The van der Waals surface area contributed by atoms with Crippen molar-refractivity contribution in [1.29, 1.82) is 0 Å². The van der Waals surface area contributed by atoms with Gasteiger partial charge in [-0.2, -0.15) is 0 Å². The number of aliphatic hydroxyl groups is 1. The van der Waals surface area contributed by atoms with E-state index in [4.69, 9.17) is 10.2 Å². The number of hydrogen-bond acceptors (Lipinski definition) is 4. The van der Waals surface area contributed by atoms with Crippen LogP contribution in [0.4, 0.5) is 9.59 Å². The Bertz CT molecular complexity index is 416. The Balaban J connectivity index is 1.74. The number of aliphatic hydroxyl groups excluding tert-OH is 1. The van der Waals surface area contributed by atoms with E-state index in [0.29, 0.717) is 26.2 Å². The Kier molecular flexibility index (Phi) is 4.28. The third kappa shape index (κ3) is 3.10. The van der Waals surface area contributed by atoms with Gasteiger partial charge >= 0.3 is 18.0 Å². The molecule has 9 nitrogen and oxygen atoms in total. The van der Waals surface area contributed by atoms with Crippen molar-refractivity contribution in [3.63, 3.8) is 0 Å². The van der Waals surface area contributed by atoms with E-state index in [9.17, 15) is 14.4 Å². The van der Waals surface area contributed by atoms with E-state index in [1.807, 2.05) is 0 Å². The molecular weight excluding hydrogens is 268 g/mol. The number of rotatable bonds is 4. The molecule has 2 saturated heterocycles. The lowest BCUT2D eigenvalue weighted by atomic mass is 10.2. The number of aliphatic carboxylic acids is 1. The first kappa shape index (κ1) is 14.4. The molecule has 0 aromatic heterocycles. The van der Waals surface area contributed by atoms with Crippen LogP contribution in [0.15, 0.2) is 0 Å². The van der Waals surface area contributed by atoms with Crippen molar-refractivity contribution in [2.45, 2.75) is 18.6 Å². The summed E-state index contributed by atoms with van der Waals surface area (Å²) in [4.78, 5) is 37.0. The molecule has 0 aromatic carbocycles. The summed E-state index contributed by atoms with van der Waals surface area (Å²) >= 11 is 0. The molecule has 4 amide bonds. The number of hydrogen-bond donors (Lipinski definition) is 4. The third-order valence-electron chi connectivity index (χ3n) is 3.50. The van der Waals surface area contributed by atoms with Crippen molar-refractivity contribution in [3.8, 4) is 0 Å². The molecule has 2 aliphatic rings. The number of fused-ring (bicyclic) bond motifs is 1. The van der Waals surface area contributed by atoms with Gasteiger partial charge < -0.3 is 30.6 Å². The molecule has 0 aliphatic carbocycles. The Labute approximate surface area is 115 Å². The van der Waals surface area contributed by atoms with E-state index in [-0.39, 0.29) is 31.1 Å². The Morgan fingerprint density at radius 3 is 2.90 bits per heavy atom. The summed E-state index contributed by atoms with van der Waals surface area (Å²) in [7, 11) is 0. The second-order valence-electron chi connectivity index (χ2n) is 4.85. The zero-order valence-electron chi connectivity index (χ0n) is 10.9. The molecule has 2 fully saturated rings. The van der Waals surface area contributed by atoms with Crippen LogP contribution in [0.2, 0.25) is 0 Å². The summed E-state index contributed by atoms with van der Waals surface area (Å²) in [6.45, 7) is 2.00. The van der Waals surface area contributed by atoms with E-state index in [0.717, 1.165) is 0 Å². The summed E-state index contributed by atoms with van der Waals surface area (Å²) in [6, 6.07) is -0.409. The van der Waals surface area contributed by atoms with Crippen molar-refractivity contribution in [3.05, 3.63) is 0 Å². The van der Waals surface area contributed by atoms with Gasteiger partial charge in [0.05, 0.1) is 6.04 Å². The standard InChI is InChI=1S/C11H18N4O5/c16-8(9(17)18)1-2-12-10(19)14-3-4-15-7(6-14)5-13-11(15)20/h7-8,16H,1-6H2,(H,12,19)(H,13,20)(H,17,18). The highest BCUT2D eigenvalue weighted by atomic mass is 16.4. The van der Waals surface area contributed by atoms with Gasteiger partial charge in [-0.3, -0.25) is 0 Å². The SMILES string of the molecule is O=C(O)C(O)CCNC(=O)N1CCN2C(=O)NCC2C1. The molecule has 2 atom stereocenters. The van der Waals surface area contributed by atoms with E-state index < -0.39 is 12.1 Å². The summed E-state index contributed by atoms with van der Waals surface area (Å²) in [6.07, 6.45) is -1.51. The predicted molar refractivity (Wildman–Crippen MR) is 67.1 cm³/mol. The molecule has 0 bridgehead atoms. The van der Waals surface area contributed by atoms with Crippen molar-refractivity contribution in [2.24, 2.45) is 0 Å². The molecule has 112 valence electrons. The molecule has 2 aliphatic heterocycles. The highest BCUT2D eigenvalue weighted by Crippen LogP contribution is 2.14. The topological polar surface area (TPSA) is 122 Å². The quantitative estimate of drug-likeness (QED) is 0.488. The van der Waals surface area contributed by atoms with E-state index in [1.165, 1.54) is 0 Å². The lowest BCUT2D eigenvalue weighted by Crippen LogP contribution is -2.56. The second kappa shape index (κ2) is 5.95.